The molecule has 0 bridgehead atoms. The number of nitrogens with one attached hydrogen (secondary N) is 1. The Balaban J connectivity index is 0.00000242. The van der Waals surface area contributed by atoms with Crippen LogP contribution >= 0.6 is 12.4 Å². The molecule has 4 nitrogen and oxygen atoms in total. The van der Waals surface area contributed by atoms with Crippen molar-refractivity contribution in [2.45, 2.75) is 36.1 Å². The first-order valence-corrected chi connectivity index (χ1v) is 8.48. The number of benzene rings is 1. The Morgan fingerprint density at radius 3 is 2.50 bits per heavy atom. The zero-order valence-electron chi connectivity index (χ0n) is 12.3. The summed E-state index contributed by atoms with van der Waals surface area (Å²) < 4.78 is 47.6. The molecular formula is C14H21ClF2N2O2S. The third-order valence-electron chi connectivity index (χ3n) is 3.81. The van der Waals surface area contributed by atoms with Crippen LogP contribution in [0, 0.1) is 0 Å². The molecule has 126 valence electrons. The van der Waals surface area contributed by atoms with E-state index in [0.717, 1.165) is 31.5 Å². The van der Waals surface area contributed by atoms with Gasteiger partial charge < -0.3 is 5.32 Å². The zero-order valence-corrected chi connectivity index (χ0v) is 14.0. The number of sulfone groups is 1. The van der Waals surface area contributed by atoms with E-state index in [-0.39, 0.29) is 17.3 Å². The molecule has 1 aromatic rings. The maximum atomic E-state index is 12.5. The molecule has 0 radical (unpaired) electrons. The van der Waals surface area contributed by atoms with E-state index in [1.807, 2.05) is 7.05 Å². The van der Waals surface area contributed by atoms with Gasteiger partial charge in [0, 0.05) is 19.1 Å². The Kier molecular flexibility index (Phi) is 7.18. The molecule has 22 heavy (non-hydrogen) atoms. The largest absolute Gasteiger partial charge is 0.341 e. The lowest BCUT2D eigenvalue weighted by atomic mass is 10.1. The van der Waals surface area contributed by atoms with Gasteiger partial charge >= 0.3 is 5.76 Å². The second kappa shape index (κ2) is 8.19. The molecule has 0 aliphatic carbocycles. The molecule has 1 atom stereocenters. The first-order chi connectivity index (χ1) is 9.93. The third kappa shape index (κ3) is 4.62. The van der Waals surface area contributed by atoms with Gasteiger partial charge in [-0.15, -0.1) is 12.4 Å². The Labute approximate surface area is 136 Å². The van der Waals surface area contributed by atoms with Gasteiger partial charge in [0.1, 0.15) is 0 Å². The molecule has 0 amide bonds. The summed E-state index contributed by atoms with van der Waals surface area (Å²) in [6, 6.07) is 6.21. The smallest absolute Gasteiger partial charge is 0.316 e. The Morgan fingerprint density at radius 2 is 1.95 bits per heavy atom. The van der Waals surface area contributed by atoms with Crippen molar-refractivity contribution in [2.75, 3.05) is 20.1 Å². The van der Waals surface area contributed by atoms with Crippen LogP contribution in [0.1, 0.15) is 18.4 Å². The van der Waals surface area contributed by atoms with Crippen LogP contribution in [-0.2, 0) is 16.4 Å². The van der Waals surface area contributed by atoms with E-state index < -0.39 is 15.6 Å². The van der Waals surface area contributed by atoms with Crippen LogP contribution in [-0.4, -0.2) is 45.3 Å². The van der Waals surface area contributed by atoms with E-state index in [0.29, 0.717) is 12.6 Å². The summed E-state index contributed by atoms with van der Waals surface area (Å²) in [5, 5.41) is 3.26. The van der Waals surface area contributed by atoms with Gasteiger partial charge in [-0.2, -0.15) is 8.78 Å². The fourth-order valence-electron chi connectivity index (χ4n) is 2.58. The molecule has 8 heteroatoms. The first kappa shape index (κ1) is 19.3. The summed E-state index contributed by atoms with van der Waals surface area (Å²) in [7, 11) is -2.55. The highest BCUT2D eigenvalue weighted by molar-refractivity contribution is 7.91. The molecule has 1 aromatic carbocycles. The Bertz CT molecular complexity index is 567. The van der Waals surface area contributed by atoms with Gasteiger partial charge in [0.15, 0.2) is 0 Å². The van der Waals surface area contributed by atoms with Gasteiger partial charge in [0.25, 0.3) is 0 Å². The number of hydrogen-bond donors (Lipinski definition) is 1. The molecular weight excluding hydrogens is 334 g/mol. The molecule has 0 spiro atoms. The number of rotatable bonds is 5. The van der Waals surface area contributed by atoms with Crippen molar-refractivity contribution >= 4 is 22.2 Å². The molecule has 1 aliphatic heterocycles. The SMILES string of the molecule is CNC1CCCN(Cc2ccc(S(=O)(=O)C(F)F)cc2)C1.Cl. The highest BCUT2D eigenvalue weighted by Gasteiger charge is 2.26. The molecule has 1 fully saturated rings. The Hall–Kier alpha value is -0.760. The van der Waals surface area contributed by atoms with Gasteiger partial charge in [-0.3, -0.25) is 4.90 Å². The number of likely N-dealkylation sites (tertiary alicyclic amines) is 1. The van der Waals surface area contributed by atoms with E-state index >= 15 is 0 Å². The summed E-state index contributed by atoms with van der Waals surface area (Å²) in [6.07, 6.45) is 2.27. The zero-order chi connectivity index (χ0) is 15.5. The highest BCUT2D eigenvalue weighted by atomic mass is 35.5. The van der Waals surface area contributed by atoms with Gasteiger partial charge in [-0.25, -0.2) is 8.42 Å². The Morgan fingerprint density at radius 1 is 1.32 bits per heavy atom. The van der Waals surface area contributed by atoms with Crippen LogP contribution in [0.2, 0.25) is 0 Å². The van der Waals surface area contributed by atoms with Crippen LogP contribution in [0.25, 0.3) is 0 Å². The van der Waals surface area contributed by atoms with Gasteiger partial charge in [-0.1, -0.05) is 12.1 Å². The van der Waals surface area contributed by atoms with E-state index in [4.69, 9.17) is 0 Å². The maximum absolute atomic E-state index is 12.5. The number of halogens is 3. The predicted octanol–water partition coefficient (Wildman–Crippen LogP) is 2.29. The monoisotopic (exact) mass is 354 g/mol. The number of likely N-dealkylation sites (N-methyl/N-ethyl adjacent to an activating group) is 1. The number of alkyl halides is 2. The van der Waals surface area contributed by atoms with Gasteiger partial charge in [0.05, 0.1) is 4.90 Å². The second-order valence-corrected chi connectivity index (χ2v) is 7.23. The van der Waals surface area contributed by atoms with Crippen molar-refractivity contribution in [1.29, 1.82) is 0 Å². The topological polar surface area (TPSA) is 49.4 Å². The van der Waals surface area contributed by atoms with Crippen molar-refractivity contribution in [3.05, 3.63) is 29.8 Å². The van der Waals surface area contributed by atoms with E-state index in [9.17, 15) is 17.2 Å². The molecule has 1 heterocycles. The highest BCUT2D eigenvalue weighted by Crippen LogP contribution is 2.20. The standard InChI is InChI=1S/C14H20F2N2O2S.ClH/c1-17-12-3-2-8-18(10-12)9-11-4-6-13(7-5-11)21(19,20)14(15)16;/h4-7,12,14,17H,2-3,8-10H2,1H3;1H. The summed E-state index contributed by atoms with van der Waals surface area (Å²) in [5.41, 5.74) is 0.931. The van der Waals surface area contributed by atoms with Crippen molar-refractivity contribution in [1.82, 2.24) is 10.2 Å². The molecule has 0 aromatic heterocycles. The normalized spacial score (nSPS) is 19.9. The summed E-state index contributed by atoms with van der Waals surface area (Å²) >= 11 is 0. The number of nitrogens with zero attached hydrogens (tertiary/aromatic N) is 1. The van der Waals surface area contributed by atoms with Crippen molar-refractivity contribution in [2.24, 2.45) is 0 Å². The quantitative estimate of drug-likeness (QED) is 0.881. The fraction of sp³-hybridized carbons (Fsp3) is 0.571. The van der Waals surface area contributed by atoms with Crippen LogP contribution in [0.4, 0.5) is 8.78 Å². The lowest BCUT2D eigenvalue weighted by molar-refractivity contribution is 0.188. The molecule has 1 saturated heterocycles. The van der Waals surface area contributed by atoms with Crippen LogP contribution in [0.5, 0.6) is 0 Å². The molecule has 2 rings (SSSR count). The number of hydrogen-bond acceptors (Lipinski definition) is 4. The lowest BCUT2D eigenvalue weighted by Gasteiger charge is -2.32. The van der Waals surface area contributed by atoms with Gasteiger partial charge in [-0.05, 0) is 44.1 Å². The lowest BCUT2D eigenvalue weighted by Crippen LogP contribution is -2.43. The van der Waals surface area contributed by atoms with E-state index in [1.165, 1.54) is 12.1 Å². The van der Waals surface area contributed by atoms with E-state index in [1.54, 1.807) is 12.1 Å². The molecule has 1 N–H and O–H groups in total. The number of piperidine rings is 1. The minimum Gasteiger partial charge on any atom is -0.316 e. The fourth-order valence-corrected chi connectivity index (χ4v) is 3.30. The van der Waals surface area contributed by atoms with Gasteiger partial charge in [0.2, 0.25) is 9.84 Å². The summed E-state index contributed by atoms with van der Waals surface area (Å²) in [6.45, 7) is 2.63. The van der Waals surface area contributed by atoms with Crippen LogP contribution in [0.3, 0.4) is 0 Å². The second-order valence-electron chi connectivity index (χ2n) is 5.31. The van der Waals surface area contributed by atoms with Crippen molar-refractivity contribution in [3.63, 3.8) is 0 Å². The molecule has 1 aliphatic rings. The minimum atomic E-state index is -4.50. The molecule has 0 saturated carbocycles. The third-order valence-corrected chi connectivity index (χ3v) is 5.20. The van der Waals surface area contributed by atoms with Crippen LogP contribution in [0.15, 0.2) is 29.2 Å². The summed E-state index contributed by atoms with van der Waals surface area (Å²) in [5.74, 6) is -3.37. The summed E-state index contributed by atoms with van der Waals surface area (Å²) in [4.78, 5) is 1.95. The average Bonchev–Trinajstić information content (AvgIpc) is 2.48. The van der Waals surface area contributed by atoms with Crippen molar-refractivity contribution in [3.8, 4) is 0 Å². The van der Waals surface area contributed by atoms with E-state index in [2.05, 4.69) is 10.2 Å². The maximum Gasteiger partial charge on any atom is 0.341 e. The average molecular weight is 355 g/mol. The van der Waals surface area contributed by atoms with Crippen molar-refractivity contribution < 1.29 is 17.2 Å². The predicted molar refractivity (Wildman–Crippen MR) is 84.2 cm³/mol. The van der Waals surface area contributed by atoms with Crippen LogP contribution < -0.4 is 5.32 Å². The first-order valence-electron chi connectivity index (χ1n) is 6.94. The molecule has 1 unspecified atom stereocenters. The minimum absolute atomic E-state index is 0.